The van der Waals surface area contributed by atoms with Gasteiger partial charge in [0.15, 0.2) is 0 Å². The number of hydrogen-bond acceptors (Lipinski definition) is 6. The van der Waals surface area contributed by atoms with Crippen LogP contribution in [0, 0.1) is 13.8 Å². The third-order valence-electron chi connectivity index (χ3n) is 2.19. The van der Waals surface area contributed by atoms with Crippen LogP contribution in [-0.4, -0.2) is 22.7 Å². The topological polar surface area (TPSA) is 93.5 Å². The molecule has 0 saturated heterocycles. The Labute approximate surface area is 113 Å². The van der Waals surface area contributed by atoms with Crippen LogP contribution in [0.25, 0.3) is 0 Å². The fraction of sp³-hybridized carbons (Fsp3) is 0.333. The van der Waals surface area contributed by atoms with E-state index in [9.17, 15) is 19.2 Å². The molecule has 1 aromatic heterocycles. The zero-order valence-electron chi connectivity index (χ0n) is 10.7. The highest BCUT2D eigenvalue weighted by molar-refractivity contribution is 8.14. The third-order valence-corrected chi connectivity index (χ3v) is 3.06. The second-order valence-electron chi connectivity index (χ2n) is 3.86. The van der Waals surface area contributed by atoms with Crippen LogP contribution in [0.4, 0.5) is 0 Å². The molecule has 0 unspecified atom stereocenters. The fourth-order valence-electron chi connectivity index (χ4n) is 1.50. The zero-order chi connectivity index (χ0) is 14.6. The average molecular weight is 283 g/mol. The molecule has 0 fully saturated rings. The van der Waals surface area contributed by atoms with Crippen molar-refractivity contribution < 1.29 is 18.8 Å². The van der Waals surface area contributed by atoms with Crippen LogP contribution in [0.3, 0.4) is 0 Å². The molecule has 1 heterocycles. The molecule has 1 rings (SSSR count). The smallest absolute Gasteiger partial charge is 0.336 e. The number of hydrogen-bond donors (Lipinski definition) is 1. The number of carbonyl (C=O) groups is 3. The lowest BCUT2D eigenvalue weighted by Gasteiger charge is -2.06. The maximum atomic E-state index is 11.9. The van der Waals surface area contributed by atoms with Gasteiger partial charge in [-0.2, -0.15) is 0 Å². The number of amides is 2. The number of nitrogens with one attached hydrogen (secondary N) is 1. The normalized spacial score (nSPS) is 10.1. The highest BCUT2D eigenvalue weighted by atomic mass is 32.2. The number of aryl methyl sites for hydroxylation is 2. The van der Waals surface area contributed by atoms with Gasteiger partial charge >= 0.3 is 5.63 Å². The van der Waals surface area contributed by atoms with Crippen LogP contribution in [0.5, 0.6) is 0 Å². The third kappa shape index (κ3) is 4.36. The van der Waals surface area contributed by atoms with Crippen molar-refractivity contribution in [2.24, 2.45) is 0 Å². The van der Waals surface area contributed by atoms with E-state index in [1.165, 1.54) is 19.9 Å². The van der Waals surface area contributed by atoms with Crippen molar-refractivity contribution in [3.8, 4) is 0 Å². The van der Waals surface area contributed by atoms with E-state index in [1.54, 1.807) is 6.92 Å². The van der Waals surface area contributed by atoms with Gasteiger partial charge in [-0.05, 0) is 19.4 Å². The first-order valence-electron chi connectivity index (χ1n) is 5.40. The van der Waals surface area contributed by atoms with Crippen molar-refractivity contribution in [1.29, 1.82) is 0 Å². The van der Waals surface area contributed by atoms with Gasteiger partial charge in [-0.3, -0.25) is 19.7 Å². The van der Waals surface area contributed by atoms with Gasteiger partial charge < -0.3 is 4.42 Å². The molecule has 0 saturated carbocycles. The highest BCUT2D eigenvalue weighted by Crippen LogP contribution is 2.18. The summed E-state index contributed by atoms with van der Waals surface area (Å²) in [6.07, 6.45) is 0. The molecule has 0 aliphatic heterocycles. The summed E-state index contributed by atoms with van der Waals surface area (Å²) in [5, 5.41) is 1.69. The van der Waals surface area contributed by atoms with Crippen LogP contribution in [0.1, 0.15) is 28.6 Å². The van der Waals surface area contributed by atoms with Crippen LogP contribution < -0.4 is 10.9 Å². The Morgan fingerprint density at radius 2 is 1.95 bits per heavy atom. The van der Waals surface area contributed by atoms with Gasteiger partial charge in [0, 0.05) is 13.0 Å². The molecule has 7 heteroatoms. The van der Waals surface area contributed by atoms with Crippen LogP contribution >= 0.6 is 11.8 Å². The number of carbonyl (C=O) groups excluding carboxylic acids is 3. The maximum Gasteiger partial charge on any atom is 0.336 e. The summed E-state index contributed by atoms with van der Waals surface area (Å²) in [4.78, 5) is 44.9. The van der Waals surface area contributed by atoms with Crippen molar-refractivity contribution in [2.75, 3.05) is 5.75 Å². The molecule has 0 atom stereocenters. The summed E-state index contributed by atoms with van der Waals surface area (Å²) in [6, 6.07) is 1.22. The van der Waals surface area contributed by atoms with E-state index in [0.717, 1.165) is 11.8 Å². The van der Waals surface area contributed by atoms with E-state index in [1.807, 2.05) is 0 Å². The summed E-state index contributed by atoms with van der Waals surface area (Å²) >= 11 is 0.749. The standard InChI is InChI=1S/C12H13NO5S/c1-6-4-10(16)18-7(2)11(6)12(17)19-5-9(15)13-8(3)14/h4H,5H2,1-3H3,(H,13,14,15). The van der Waals surface area contributed by atoms with Crippen molar-refractivity contribution in [1.82, 2.24) is 5.32 Å². The van der Waals surface area contributed by atoms with Gasteiger partial charge in [-0.15, -0.1) is 0 Å². The van der Waals surface area contributed by atoms with Crippen LogP contribution in [0.15, 0.2) is 15.3 Å². The molecule has 1 N–H and O–H groups in total. The maximum absolute atomic E-state index is 11.9. The van der Waals surface area contributed by atoms with Crippen molar-refractivity contribution >= 4 is 28.7 Å². The van der Waals surface area contributed by atoms with Crippen molar-refractivity contribution in [3.05, 3.63) is 33.4 Å². The van der Waals surface area contributed by atoms with Gasteiger partial charge in [-0.1, -0.05) is 11.8 Å². The van der Waals surface area contributed by atoms with E-state index in [0.29, 0.717) is 5.56 Å². The molecule has 0 radical (unpaired) electrons. The molecule has 0 aliphatic rings. The summed E-state index contributed by atoms with van der Waals surface area (Å²) in [5.41, 5.74) is 0.254. The minimum Gasteiger partial charge on any atom is -0.427 e. The molecular weight excluding hydrogens is 270 g/mol. The van der Waals surface area contributed by atoms with Gasteiger partial charge in [0.1, 0.15) is 5.76 Å². The minimum absolute atomic E-state index is 0.170. The van der Waals surface area contributed by atoms with Gasteiger partial charge in [0.2, 0.25) is 16.9 Å². The largest absolute Gasteiger partial charge is 0.427 e. The van der Waals surface area contributed by atoms with Crippen LogP contribution in [-0.2, 0) is 9.59 Å². The fourth-order valence-corrected chi connectivity index (χ4v) is 2.28. The van der Waals surface area contributed by atoms with Gasteiger partial charge in [0.25, 0.3) is 0 Å². The van der Waals surface area contributed by atoms with E-state index in [4.69, 9.17) is 4.42 Å². The number of thioether (sulfide) groups is 1. The van der Waals surface area contributed by atoms with E-state index >= 15 is 0 Å². The summed E-state index contributed by atoms with van der Waals surface area (Å²) in [7, 11) is 0. The first-order valence-corrected chi connectivity index (χ1v) is 6.38. The minimum atomic E-state index is -0.543. The molecule has 0 bridgehead atoms. The predicted molar refractivity (Wildman–Crippen MR) is 70.1 cm³/mol. The zero-order valence-corrected chi connectivity index (χ0v) is 11.6. The van der Waals surface area contributed by atoms with Crippen molar-refractivity contribution in [3.63, 3.8) is 0 Å². The molecule has 1 aromatic rings. The summed E-state index contributed by atoms with van der Waals surface area (Å²) < 4.78 is 4.84. The molecule has 2 amide bonds. The Bertz CT molecular complexity index is 564. The molecule has 19 heavy (non-hydrogen) atoms. The second-order valence-corrected chi connectivity index (χ2v) is 4.81. The SMILES string of the molecule is CC(=O)NC(=O)CSC(=O)c1c(C)cc(=O)oc1C. The Balaban J connectivity index is 2.77. The average Bonchev–Trinajstić information content (AvgIpc) is 2.23. The summed E-state index contributed by atoms with van der Waals surface area (Å²) in [6.45, 7) is 4.34. The molecular formula is C12H13NO5S. The predicted octanol–water partition coefficient (Wildman–Crippen LogP) is 0.793. The monoisotopic (exact) mass is 283 g/mol. The van der Waals surface area contributed by atoms with E-state index in [-0.39, 0.29) is 22.2 Å². The number of imide groups is 1. The summed E-state index contributed by atoms with van der Waals surface area (Å²) in [5.74, 6) is -0.972. The van der Waals surface area contributed by atoms with Crippen molar-refractivity contribution in [2.45, 2.75) is 20.8 Å². The lowest BCUT2D eigenvalue weighted by atomic mass is 10.1. The van der Waals surface area contributed by atoms with Gasteiger partial charge in [-0.25, -0.2) is 4.79 Å². The first-order chi connectivity index (χ1) is 8.81. The Kier molecular flexibility index (Phi) is 5.05. The van der Waals surface area contributed by atoms with E-state index in [2.05, 4.69) is 5.32 Å². The second kappa shape index (κ2) is 6.33. The molecule has 0 aliphatic carbocycles. The Morgan fingerprint density at radius 3 is 2.47 bits per heavy atom. The van der Waals surface area contributed by atoms with Crippen LogP contribution in [0.2, 0.25) is 0 Å². The molecule has 6 nitrogen and oxygen atoms in total. The molecule has 0 aromatic carbocycles. The molecule has 0 spiro atoms. The first kappa shape index (κ1) is 15.2. The Hall–Kier alpha value is -1.89. The van der Waals surface area contributed by atoms with E-state index < -0.39 is 17.4 Å². The molecule has 102 valence electrons. The number of rotatable bonds is 3. The quantitative estimate of drug-likeness (QED) is 0.881. The Morgan fingerprint density at radius 1 is 1.32 bits per heavy atom. The van der Waals surface area contributed by atoms with Gasteiger partial charge in [0.05, 0.1) is 11.3 Å². The lowest BCUT2D eigenvalue weighted by molar-refractivity contribution is -0.127. The highest BCUT2D eigenvalue weighted by Gasteiger charge is 2.17. The lowest BCUT2D eigenvalue weighted by Crippen LogP contribution is -2.29.